The van der Waals surface area contributed by atoms with E-state index in [4.69, 9.17) is 5.73 Å². The van der Waals surface area contributed by atoms with Crippen LogP contribution in [-0.4, -0.2) is 24.6 Å². The van der Waals surface area contributed by atoms with E-state index in [1.165, 1.54) is 6.08 Å². The summed E-state index contributed by atoms with van der Waals surface area (Å²) in [6.07, 6.45) is 3.24. The molecule has 0 aromatic carbocycles. The van der Waals surface area contributed by atoms with Crippen molar-refractivity contribution in [2.24, 2.45) is 5.73 Å². The molecule has 0 radical (unpaired) electrons. The summed E-state index contributed by atoms with van der Waals surface area (Å²) in [7, 11) is 0. The van der Waals surface area contributed by atoms with E-state index in [0.29, 0.717) is 18.1 Å². The molecule has 0 bridgehead atoms. The van der Waals surface area contributed by atoms with E-state index in [1.54, 1.807) is 18.7 Å². The van der Waals surface area contributed by atoms with Gasteiger partial charge in [0, 0.05) is 17.5 Å². The minimum absolute atomic E-state index is 0.362. The first-order chi connectivity index (χ1) is 5.20. The van der Waals surface area contributed by atoms with Crippen molar-refractivity contribution in [1.29, 1.82) is 0 Å². The number of hydrogen-bond donors (Lipinski definition) is 1. The van der Waals surface area contributed by atoms with Gasteiger partial charge in [-0.2, -0.15) is 11.8 Å². The summed E-state index contributed by atoms with van der Waals surface area (Å²) in [5.74, 6) is 0.303. The van der Waals surface area contributed by atoms with E-state index in [2.05, 4.69) is 4.74 Å². The zero-order valence-corrected chi connectivity index (χ0v) is 7.61. The second-order valence-corrected chi connectivity index (χ2v) is 2.77. The molecule has 0 aliphatic rings. The lowest BCUT2D eigenvalue weighted by atomic mass is 10.4. The summed E-state index contributed by atoms with van der Waals surface area (Å²) in [4.78, 5) is 10.7. The average Bonchev–Trinajstić information content (AvgIpc) is 1.87. The molecular weight excluding hydrogens is 162 g/mol. The number of rotatable bonds is 4. The van der Waals surface area contributed by atoms with Gasteiger partial charge < -0.3 is 10.5 Å². The Bertz CT molecular complexity index is 157. The fourth-order valence-corrected chi connectivity index (χ4v) is 0.960. The van der Waals surface area contributed by atoms with Gasteiger partial charge in [0.05, 0.1) is 6.61 Å². The van der Waals surface area contributed by atoms with Gasteiger partial charge in [-0.05, 0) is 13.2 Å². The van der Waals surface area contributed by atoms with Crippen molar-refractivity contribution in [2.75, 3.05) is 18.6 Å². The van der Waals surface area contributed by atoms with Crippen LogP contribution in [0.1, 0.15) is 6.92 Å². The van der Waals surface area contributed by atoms with Gasteiger partial charge in [-0.25, -0.2) is 4.79 Å². The van der Waals surface area contributed by atoms with Crippen LogP contribution < -0.4 is 5.73 Å². The standard InChI is InChI=1S/C7H13NO2S/c1-3-10-7(9)4-6(8)5-11-2/h4H,3,5,8H2,1-2H3/b6-4-. The van der Waals surface area contributed by atoms with E-state index in [0.717, 1.165) is 0 Å². The van der Waals surface area contributed by atoms with Crippen LogP contribution in [0.3, 0.4) is 0 Å². The summed E-state index contributed by atoms with van der Waals surface area (Å²) in [5.41, 5.74) is 6.01. The molecule has 0 rings (SSSR count). The predicted molar refractivity (Wildman–Crippen MR) is 47.3 cm³/mol. The van der Waals surface area contributed by atoms with Crippen molar-refractivity contribution in [3.05, 3.63) is 11.8 Å². The highest BCUT2D eigenvalue weighted by Crippen LogP contribution is 1.97. The van der Waals surface area contributed by atoms with E-state index in [-0.39, 0.29) is 5.97 Å². The molecule has 3 nitrogen and oxygen atoms in total. The molecule has 11 heavy (non-hydrogen) atoms. The Hall–Kier alpha value is -0.640. The van der Waals surface area contributed by atoms with Crippen LogP contribution in [0.25, 0.3) is 0 Å². The maximum absolute atomic E-state index is 10.7. The Morgan fingerprint density at radius 3 is 2.82 bits per heavy atom. The summed E-state index contributed by atoms with van der Waals surface area (Å²) >= 11 is 1.57. The number of carbonyl (C=O) groups is 1. The Balaban J connectivity index is 3.76. The van der Waals surface area contributed by atoms with Gasteiger partial charge in [0.1, 0.15) is 0 Å². The molecule has 0 heterocycles. The second kappa shape index (κ2) is 6.09. The number of ether oxygens (including phenoxy) is 1. The molecule has 0 aromatic rings. The number of carbonyl (C=O) groups excluding carboxylic acids is 1. The Morgan fingerprint density at radius 2 is 2.36 bits per heavy atom. The normalized spacial score (nSPS) is 11.3. The summed E-state index contributed by atoms with van der Waals surface area (Å²) in [5, 5.41) is 0. The third-order valence-electron chi connectivity index (χ3n) is 0.901. The average molecular weight is 175 g/mol. The number of esters is 1. The molecular formula is C7H13NO2S. The van der Waals surface area contributed by atoms with Crippen LogP contribution in [0.15, 0.2) is 11.8 Å². The van der Waals surface area contributed by atoms with Gasteiger partial charge in [-0.3, -0.25) is 0 Å². The van der Waals surface area contributed by atoms with Gasteiger partial charge in [0.25, 0.3) is 0 Å². The highest BCUT2D eigenvalue weighted by Gasteiger charge is 1.96. The van der Waals surface area contributed by atoms with Crippen molar-refractivity contribution in [3.63, 3.8) is 0 Å². The van der Waals surface area contributed by atoms with E-state index >= 15 is 0 Å². The van der Waals surface area contributed by atoms with Gasteiger partial charge in [-0.1, -0.05) is 0 Å². The maximum atomic E-state index is 10.7. The fourth-order valence-electron chi connectivity index (χ4n) is 0.544. The molecule has 0 atom stereocenters. The molecule has 0 spiro atoms. The van der Waals surface area contributed by atoms with Gasteiger partial charge in [-0.15, -0.1) is 0 Å². The number of nitrogens with two attached hydrogens (primary N) is 1. The Labute approximate surface area is 71.0 Å². The first kappa shape index (κ1) is 10.4. The maximum Gasteiger partial charge on any atom is 0.332 e. The summed E-state index contributed by atoms with van der Waals surface area (Å²) in [6, 6.07) is 0. The zero-order chi connectivity index (χ0) is 8.69. The predicted octanol–water partition coefficient (Wildman–Crippen LogP) is 0.755. The van der Waals surface area contributed by atoms with Crippen LogP contribution in [0.4, 0.5) is 0 Å². The highest BCUT2D eigenvalue weighted by molar-refractivity contribution is 7.98. The number of thioether (sulfide) groups is 1. The smallest absolute Gasteiger partial charge is 0.332 e. The lowest BCUT2D eigenvalue weighted by molar-refractivity contribution is -0.137. The fraction of sp³-hybridized carbons (Fsp3) is 0.571. The number of hydrogen-bond acceptors (Lipinski definition) is 4. The molecule has 0 fully saturated rings. The van der Waals surface area contributed by atoms with Crippen LogP contribution in [-0.2, 0) is 9.53 Å². The van der Waals surface area contributed by atoms with Crippen LogP contribution in [0.2, 0.25) is 0 Å². The van der Waals surface area contributed by atoms with Gasteiger partial charge >= 0.3 is 5.97 Å². The first-order valence-electron chi connectivity index (χ1n) is 3.32. The molecule has 0 aliphatic heterocycles. The Morgan fingerprint density at radius 1 is 1.73 bits per heavy atom. The minimum atomic E-state index is -0.362. The van der Waals surface area contributed by atoms with E-state index in [9.17, 15) is 4.79 Å². The zero-order valence-electron chi connectivity index (χ0n) is 6.79. The molecule has 0 aromatic heterocycles. The van der Waals surface area contributed by atoms with Crippen molar-refractivity contribution in [2.45, 2.75) is 6.92 Å². The second-order valence-electron chi connectivity index (χ2n) is 1.90. The molecule has 0 saturated heterocycles. The van der Waals surface area contributed by atoms with Crippen LogP contribution >= 0.6 is 11.8 Å². The van der Waals surface area contributed by atoms with Crippen molar-refractivity contribution < 1.29 is 9.53 Å². The van der Waals surface area contributed by atoms with Crippen LogP contribution in [0, 0.1) is 0 Å². The van der Waals surface area contributed by atoms with Gasteiger partial charge in [0.2, 0.25) is 0 Å². The SMILES string of the molecule is CCOC(=O)/C=C(\N)CSC. The summed E-state index contributed by atoms with van der Waals surface area (Å²) in [6.45, 7) is 2.15. The Kier molecular flexibility index (Phi) is 5.74. The van der Waals surface area contributed by atoms with Crippen LogP contribution in [0.5, 0.6) is 0 Å². The van der Waals surface area contributed by atoms with E-state index in [1.807, 2.05) is 6.26 Å². The molecule has 0 amide bonds. The van der Waals surface area contributed by atoms with E-state index < -0.39 is 0 Å². The monoisotopic (exact) mass is 175 g/mol. The molecule has 4 heteroatoms. The largest absolute Gasteiger partial charge is 0.463 e. The summed E-state index contributed by atoms with van der Waals surface area (Å²) < 4.78 is 4.65. The quantitative estimate of drug-likeness (QED) is 0.506. The minimum Gasteiger partial charge on any atom is -0.463 e. The third-order valence-corrected chi connectivity index (χ3v) is 1.52. The molecule has 0 saturated carbocycles. The lowest BCUT2D eigenvalue weighted by Gasteiger charge is -1.98. The topological polar surface area (TPSA) is 52.3 Å². The first-order valence-corrected chi connectivity index (χ1v) is 4.71. The third kappa shape index (κ3) is 5.79. The van der Waals surface area contributed by atoms with Crippen molar-refractivity contribution >= 4 is 17.7 Å². The van der Waals surface area contributed by atoms with Gasteiger partial charge in [0.15, 0.2) is 0 Å². The molecule has 0 unspecified atom stereocenters. The molecule has 64 valence electrons. The molecule has 2 N–H and O–H groups in total. The molecule has 0 aliphatic carbocycles. The van der Waals surface area contributed by atoms with Crippen molar-refractivity contribution in [1.82, 2.24) is 0 Å². The lowest BCUT2D eigenvalue weighted by Crippen LogP contribution is -2.07. The highest BCUT2D eigenvalue weighted by atomic mass is 32.2. The van der Waals surface area contributed by atoms with Crippen molar-refractivity contribution in [3.8, 4) is 0 Å².